The number of aromatic amines is 1. The molecule has 1 saturated heterocycles. The van der Waals surface area contributed by atoms with E-state index in [9.17, 15) is 14.7 Å². The quantitative estimate of drug-likeness (QED) is 0.645. The second-order valence-corrected chi connectivity index (χ2v) is 5.52. The minimum atomic E-state index is -0.630. The van der Waals surface area contributed by atoms with Gasteiger partial charge in [0.1, 0.15) is 0 Å². The number of hydrogen-bond acceptors (Lipinski definition) is 5. The lowest BCUT2D eigenvalue weighted by Gasteiger charge is -2.13. The van der Waals surface area contributed by atoms with E-state index in [0.717, 1.165) is 0 Å². The molecular formula is C10H14N2O4S. The number of aliphatic hydroxyl groups is 2. The van der Waals surface area contributed by atoms with E-state index in [1.165, 1.54) is 22.5 Å². The van der Waals surface area contributed by atoms with Gasteiger partial charge in [-0.25, -0.2) is 4.79 Å². The Morgan fingerprint density at radius 3 is 2.88 bits per heavy atom. The summed E-state index contributed by atoms with van der Waals surface area (Å²) in [6.45, 7) is 1.49. The van der Waals surface area contributed by atoms with E-state index in [1.54, 1.807) is 6.92 Å². The SMILES string of the molecule is Cc1cn([C@H]2CC(O)[C@@H](CO)S2)c(=O)[nH]c1=O. The summed E-state index contributed by atoms with van der Waals surface area (Å²) >= 11 is 1.34. The first kappa shape index (κ1) is 12.4. The zero-order valence-corrected chi connectivity index (χ0v) is 10.1. The number of nitrogens with one attached hydrogen (secondary N) is 1. The average Bonchev–Trinajstić information content (AvgIpc) is 2.65. The van der Waals surface area contributed by atoms with Gasteiger partial charge in [-0.2, -0.15) is 0 Å². The van der Waals surface area contributed by atoms with Gasteiger partial charge in [0.2, 0.25) is 0 Å². The molecule has 0 amide bonds. The Hall–Kier alpha value is -1.05. The van der Waals surface area contributed by atoms with Crippen molar-refractivity contribution in [2.45, 2.75) is 30.1 Å². The normalized spacial score (nSPS) is 28.5. The summed E-state index contributed by atoms with van der Waals surface area (Å²) in [7, 11) is 0. The number of thioether (sulfide) groups is 1. The van der Waals surface area contributed by atoms with Crippen LogP contribution >= 0.6 is 11.8 Å². The second kappa shape index (κ2) is 4.67. The van der Waals surface area contributed by atoms with E-state index in [4.69, 9.17) is 5.11 Å². The fraction of sp³-hybridized carbons (Fsp3) is 0.600. The molecule has 1 aromatic heterocycles. The van der Waals surface area contributed by atoms with Crippen LogP contribution in [0.3, 0.4) is 0 Å². The smallest absolute Gasteiger partial charge is 0.329 e. The van der Waals surface area contributed by atoms with Crippen LogP contribution in [0, 0.1) is 6.92 Å². The zero-order chi connectivity index (χ0) is 12.6. The van der Waals surface area contributed by atoms with Gasteiger partial charge in [0, 0.05) is 18.2 Å². The van der Waals surface area contributed by atoms with Gasteiger partial charge in [-0.15, -0.1) is 11.8 Å². The molecule has 0 spiro atoms. The first-order valence-electron chi connectivity index (χ1n) is 5.29. The summed E-state index contributed by atoms with van der Waals surface area (Å²) in [4.78, 5) is 25.1. The molecule has 17 heavy (non-hydrogen) atoms. The molecule has 2 rings (SSSR count). The fourth-order valence-corrected chi connectivity index (χ4v) is 3.23. The van der Waals surface area contributed by atoms with Crippen LogP contribution in [0.4, 0.5) is 0 Å². The molecule has 7 heteroatoms. The number of aryl methyl sites for hydroxylation is 1. The van der Waals surface area contributed by atoms with Crippen LogP contribution in [0.5, 0.6) is 0 Å². The first-order valence-corrected chi connectivity index (χ1v) is 6.23. The largest absolute Gasteiger partial charge is 0.395 e. The van der Waals surface area contributed by atoms with Crippen LogP contribution < -0.4 is 11.2 Å². The van der Waals surface area contributed by atoms with Crippen molar-refractivity contribution in [1.82, 2.24) is 9.55 Å². The fourth-order valence-electron chi connectivity index (χ4n) is 1.85. The lowest BCUT2D eigenvalue weighted by molar-refractivity contribution is 0.137. The van der Waals surface area contributed by atoms with Gasteiger partial charge in [-0.05, 0) is 6.92 Å². The molecule has 2 heterocycles. The Morgan fingerprint density at radius 2 is 2.29 bits per heavy atom. The molecular weight excluding hydrogens is 244 g/mol. The van der Waals surface area contributed by atoms with Crippen molar-refractivity contribution in [1.29, 1.82) is 0 Å². The lowest BCUT2D eigenvalue weighted by Crippen LogP contribution is -2.32. The Morgan fingerprint density at radius 1 is 1.59 bits per heavy atom. The van der Waals surface area contributed by atoms with Gasteiger partial charge in [-0.3, -0.25) is 14.3 Å². The number of nitrogens with zero attached hydrogens (tertiary/aromatic N) is 1. The lowest BCUT2D eigenvalue weighted by atomic mass is 10.2. The maximum Gasteiger partial charge on any atom is 0.329 e. The Kier molecular flexibility index (Phi) is 3.41. The van der Waals surface area contributed by atoms with Crippen molar-refractivity contribution in [2.24, 2.45) is 0 Å². The third-order valence-electron chi connectivity index (χ3n) is 2.84. The Bertz CT molecular complexity index is 524. The molecule has 6 nitrogen and oxygen atoms in total. The molecule has 1 aromatic rings. The van der Waals surface area contributed by atoms with Crippen molar-refractivity contribution < 1.29 is 10.2 Å². The van der Waals surface area contributed by atoms with Gasteiger partial charge >= 0.3 is 5.69 Å². The summed E-state index contributed by atoms with van der Waals surface area (Å²) in [5, 5.41) is 18.2. The predicted molar refractivity (Wildman–Crippen MR) is 64.2 cm³/mol. The van der Waals surface area contributed by atoms with Crippen LogP contribution in [0.2, 0.25) is 0 Å². The molecule has 0 radical (unpaired) electrons. The summed E-state index contributed by atoms with van der Waals surface area (Å²) in [6, 6.07) is 0. The third kappa shape index (κ3) is 2.31. The molecule has 1 aliphatic rings. The molecule has 1 unspecified atom stereocenters. The van der Waals surface area contributed by atoms with Crippen molar-refractivity contribution >= 4 is 11.8 Å². The molecule has 1 aliphatic heterocycles. The monoisotopic (exact) mass is 258 g/mol. The number of aromatic nitrogens is 2. The summed E-state index contributed by atoms with van der Waals surface area (Å²) < 4.78 is 1.40. The van der Waals surface area contributed by atoms with E-state index in [-0.39, 0.29) is 17.2 Å². The van der Waals surface area contributed by atoms with Gasteiger partial charge in [0.15, 0.2) is 0 Å². The number of hydrogen-bond donors (Lipinski definition) is 3. The molecule has 0 aliphatic carbocycles. The van der Waals surface area contributed by atoms with Crippen LogP contribution in [-0.2, 0) is 0 Å². The first-order chi connectivity index (χ1) is 8.02. The second-order valence-electron chi connectivity index (χ2n) is 4.09. The van der Waals surface area contributed by atoms with Crippen LogP contribution in [0.15, 0.2) is 15.8 Å². The topological polar surface area (TPSA) is 95.3 Å². The number of H-pyrrole nitrogens is 1. The maximum atomic E-state index is 11.6. The highest BCUT2D eigenvalue weighted by molar-refractivity contribution is 8.00. The summed E-state index contributed by atoms with van der Waals surface area (Å²) in [6.07, 6.45) is 1.25. The summed E-state index contributed by atoms with van der Waals surface area (Å²) in [5.74, 6) is 0. The molecule has 0 aromatic carbocycles. The van der Waals surface area contributed by atoms with Gasteiger partial charge in [0.25, 0.3) is 5.56 Å². The molecule has 1 fully saturated rings. The van der Waals surface area contributed by atoms with Gasteiger partial charge in [0.05, 0.1) is 23.3 Å². The Balaban J connectivity index is 2.34. The van der Waals surface area contributed by atoms with Crippen molar-refractivity contribution in [3.05, 3.63) is 32.6 Å². The van der Waals surface area contributed by atoms with Crippen molar-refractivity contribution in [3.8, 4) is 0 Å². The number of rotatable bonds is 2. The van der Waals surface area contributed by atoms with Crippen LogP contribution in [0.1, 0.15) is 17.4 Å². The minimum Gasteiger partial charge on any atom is -0.395 e. The van der Waals surface area contributed by atoms with E-state index in [2.05, 4.69) is 4.98 Å². The highest BCUT2D eigenvalue weighted by Gasteiger charge is 2.34. The summed E-state index contributed by atoms with van der Waals surface area (Å²) in [5.41, 5.74) is -0.426. The van der Waals surface area contributed by atoms with E-state index in [1.807, 2.05) is 0 Å². The molecule has 3 atom stereocenters. The molecule has 0 bridgehead atoms. The van der Waals surface area contributed by atoms with Crippen LogP contribution in [-0.4, -0.2) is 37.7 Å². The molecule has 94 valence electrons. The van der Waals surface area contributed by atoms with Crippen molar-refractivity contribution in [3.63, 3.8) is 0 Å². The Labute approximate surface area is 101 Å². The zero-order valence-electron chi connectivity index (χ0n) is 9.29. The highest BCUT2D eigenvalue weighted by Crippen LogP contribution is 2.40. The molecule has 3 N–H and O–H groups in total. The maximum absolute atomic E-state index is 11.6. The third-order valence-corrected chi connectivity index (χ3v) is 4.39. The van der Waals surface area contributed by atoms with Gasteiger partial charge < -0.3 is 10.2 Å². The standard InChI is InChI=1S/C10H14N2O4S/c1-5-3-12(10(16)11-9(5)15)8-2-6(14)7(4-13)17-8/h3,6-8,13-14H,2,4H2,1H3,(H,11,15,16)/t6?,7-,8-/m1/s1. The van der Waals surface area contributed by atoms with Crippen LogP contribution in [0.25, 0.3) is 0 Å². The molecule has 0 saturated carbocycles. The van der Waals surface area contributed by atoms with E-state index >= 15 is 0 Å². The average molecular weight is 258 g/mol. The number of aliphatic hydroxyl groups excluding tert-OH is 2. The minimum absolute atomic E-state index is 0.126. The highest BCUT2D eigenvalue weighted by atomic mass is 32.2. The van der Waals surface area contributed by atoms with Crippen molar-refractivity contribution in [2.75, 3.05) is 6.61 Å². The van der Waals surface area contributed by atoms with Gasteiger partial charge in [-0.1, -0.05) is 0 Å². The van der Waals surface area contributed by atoms with E-state index in [0.29, 0.717) is 12.0 Å². The van der Waals surface area contributed by atoms with E-state index < -0.39 is 17.4 Å². The predicted octanol–water partition coefficient (Wildman–Crippen LogP) is -0.798.